The molecule has 1 atom stereocenters. The van der Waals surface area contributed by atoms with Gasteiger partial charge in [-0.25, -0.2) is 0 Å². The summed E-state index contributed by atoms with van der Waals surface area (Å²) in [5.41, 5.74) is 3.73. The van der Waals surface area contributed by atoms with Crippen LogP contribution in [0, 0.1) is 0 Å². The largest absolute Gasteiger partial charge is 0.338 e. The molecular weight excluding hydrogens is 332 g/mol. The van der Waals surface area contributed by atoms with Crippen LogP contribution < -0.4 is 5.32 Å². The van der Waals surface area contributed by atoms with Gasteiger partial charge in [-0.05, 0) is 29.0 Å². The quantitative estimate of drug-likeness (QED) is 0.760. The van der Waals surface area contributed by atoms with E-state index in [1.807, 2.05) is 16.8 Å². The molecule has 130 valence electrons. The molecule has 3 heterocycles. The first kappa shape index (κ1) is 16.4. The molecule has 5 nitrogen and oxygen atoms in total. The summed E-state index contributed by atoms with van der Waals surface area (Å²) in [5.74, 6) is 1.36. The van der Waals surface area contributed by atoms with Gasteiger partial charge in [0.2, 0.25) is 11.7 Å². The molecule has 0 amide bonds. The minimum absolute atomic E-state index is 0.330. The van der Waals surface area contributed by atoms with E-state index in [9.17, 15) is 0 Å². The van der Waals surface area contributed by atoms with E-state index in [1.54, 1.807) is 11.3 Å². The minimum Gasteiger partial charge on any atom is -0.338 e. The zero-order chi connectivity index (χ0) is 17.1. The van der Waals surface area contributed by atoms with Crippen molar-refractivity contribution in [3.05, 3.63) is 58.1 Å². The van der Waals surface area contributed by atoms with Gasteiger partial charge in [-0.3, -0.25) is 4.90 Å². The number of thiophene rings is 1. The number of piperazine rings is 1. The molecule has 6 heteroatoms. The molecule has 4 rings (SSSR count). The highest BCUT2D eigenvalue weighted by Gasteiger charge is 2.25. The molecule has 0 saturated carbocycles. The molecule has 1 aliphatic rings. The summed E-state index contributed by atoms with van der Waals surface area (Å²) in [7, 11) is 0. The van der Waals surface area contributed by atoms with Crippen LogP contribution in [0.4, 0.5) is 0 Å². The molecule has 0 spiro atoms. The van der Waals surface area contributed by atoms with Crippen molar-refractivity contribution in [2.75, 3.05) is 19.6 Å². The third kappa shape index (κ3) is 3.66. The minimum atomic E-state index is 0.330. The molecule has 3 aromatic rings. The first-order valence-corrected chi connectivity index (χ1v) is 9.66. The summed E-state index contributed by atoms with van der Waals surface area (Å²) in [4.78, 5) is 6.99. The van der Waals surface area contributed by atoms with Gasteiger partial charge in [-0.15, -0.1) is 0 Å². The van der Waals surface area contributed by atoms with E-state index in [1.165, 1.54) is 11.1 Å². The molecule has 1 saturated heterocycles. The van der Waals surface area contributed by atoms with Crippen molar-refractivity contribution in [3.8, 4) is 11.4 Å². The normalized spacial score (nSPS) is 18.5. The van der Waals surface area contributed by atoms with Gasteiger partial charge in [0.25, 0.3) is 0 Å². The van der Waals surface area contributed by atoms with Crippen LogP contribution in [0.3, 0.4) is 0 Å². The van der Waals surface area contributed by atoms with E-state index < -0.39 is 0 Å². The number of rotatable bonds is 5. The Kier molecular flexibility index (Phi) is 4.92. The third-order valence-corrected chi connectivity index (χ3v) is 5.40. The second-order valence-corrected chi connectivity index (χ2v) is 7.09. The molecule has 25 heavy (non-hydrogen) atoms. The van der Waals surface area contributed by atoms with Crippen LogP contribution in [-0.4, -0.2) is 34.7 Å². The lowest BCUT2D eigenvalue weighted by Gasteiger charge is -2.35. The number of aryl methyl sites for hydroxylation is 1. The molecule has 0 aliphatic carbocycles. The molecule has 1 unspecified atom stereocenters. The van der Waals surface area contributed by atoms with E-state index in [-0.39, 0.29) is 0 Å². The summed E-state index contributed by atoms with van der Waals surface area (Å²) in [6.45, 7) is 5.76. The van der Waals surface area contributed by atoms with E-state index in [0.717, 1.165) is 31.6 Å². The average Bonchev–Trinajstić information content (AvgIpc) is 3.34. The van der Waals surface area contributed by atoms with E-state index in [4.69, 9.17) is 4.52 Å². The van der Waals surface area contributed by atoms with Crippen molar-refractivity contribution in [1.29, 1.82) is 0 Å². The maximum Gasteiger partial charge on any atom is 0.241 e. The number of hydrogen-bond donors (Lipinski definition) is 1. The SMILES string of the molecule is CCc1ccc(C2CNCCN2Cc2nc(-c3ccsc3)no2)cc1. The number of benzene rings is 1. The highest BCUT2D eigenvalue weighted by Crippen LogP contribution is 2.25. The number of nitrogens with zero attached hydrogens (tertiary/aromatic N) is 3. The number of hydrogen-bond acceptors (Lipinski definition) is 6. The van der Waals surface area contributed by atoms with Crippen LogP contribution in [0.1, 0.15) is 30.0 Å². The Hall–Kier alpha value is -2.02. The Morgan fingerprint density at radius 2 is 2.16 bits per heavy atom. The van der Waals surface area contributed by atoms with Crippen LogP contribution in [0.2, 0.25) is 0 Å². The van der Waals surface area contributed by atoms with Gasteiger partial charge in [0.1, 0.15) is 0 Å². The first-order chi connectivity index (χ1) is 12.3. The van der Waals surface area contributed by atoms with Crippen LogP contribution in [0.15, 0.2) is 45.6 Å². The van der Waals surface area contributed by atoms with E-state index in [0.29, 0.717) is 24.3 Å². The standard InChI is InChI=1S/C19H22N4OS/c1-2-14-3-5-15(6-4-14)17-11-20-8-9-23(17)12-18-21-19(22-24-18)16-7-10-25-13-16/h3-7,10,13,17,20H,2,8-9,11-12H2,1H3. The van der Waals surface area contributed by atoms with E-state index in [2.05, 4.69) is 51.5 Å². The monoisotopic (exact) mass is 354 g/mol. The summed E-state index contributed by atoms with van der Waals surface area (Å²) < 4.78 is 5.49. The molecule has 1 fully saturated rings. The molecule has 0 bridgehead atoms. The third-order valence-electron chi connectivity index (χ3n) is 4.71. The molecule has 1 aromatic carbocycles. The fraction of sp³-hybridized carbons (Fsp3) is 0.368. The van der Waals surface area contributed by atoms with Gasteiger partial charge in [0.05, 0.1) is 6.54 Å². The van der Waals surface area contributed by atoms with Crippen LogP contribution in [0.25, 0.3) is 11.4 Å². The average molecular weight is 354 g/mol. The molecular formula is C19H22N4OS. The van der Waals surface area contributed by atoms with Crippen LogP contribution in [0.5, 0.6) is 0 Å². The molecule has 1 N–H and O–H groups in total. The Balaban J connectivity index is 1.51. The van der Waals surface area contributed by atoms with Gasteiger partial charge in [0, 0.05) is 36.6 Å². The van der Waals surface area contributed by atoms with Crippen LogP contribution >= 0.6 is 11.3 Å². The fourth-order valence-electron chi connectivity index (χ4n) is 3.24. The molecule has 1 aliphatic heterocycles. The summed E-state index contributed by atoms with van der Waals surface area (Å²) in [6, 6.07) is 11.3. The first-order valence-electron chi connectivity index (χ1n) is 8.72. The van der Waals surface area contributed by atoms with Gasteiger partial charge < -0.3 is 9.84 Å². The smallest absolute Gasteiger partial charge is 0.241 e. The van der Waals surface area contributed by atoms with E-state index >= 15 is 0 Å². The Morgan fingerprint density at radius 3 is 2.92 bits per heavy atom. The van der Waals surface area contributed by atoms with Gasteiger partial charge in [0.15, 0.2) is 0 Å². The topological polar surface area (TPSA) is 54.2 Å². The van der Waals surface area contributed by atoms with Crippen molar-refractivity contribution in [2.24, 2.45) is 0 Å². The summed E-state index contributed by atoms with van der Waals surface area (Å²) in [6.07, 6.45) is 1.07. The summed E-state index contributed by atoms with van der Waals surface area (Å²) >= 11 is 1.64. The predicted molar refractivity (Wildman–Crippen MR) is 99.5 cm³/mol. The van der Waals surface area contributed by atoms with Gasteiger partial charge in [-0.1, -0.05) is 36.3 Å². The van der Waals surface area contributed by atoms with Crippen molar-refractivity contribution >= 4 is 11.3 Å². The lowest BCUT2D eigenvalue weighted by atomic mass is 10.0. The Labute approximate surface area is 151 Å². The van der Waals surface area contributed by atoms with Crippen LogP contribution in [-0.2, 0) is 13.0 Å². The zero-order valence-corrected chi connectivity index (χ0v) is 15.1. The Bertz CT molecular complexity index is 797. The lowest BCUT2D eigenvalue weighted by Crippen LogP contribution is -2.45. The maximum absolute atomic E-state index is 5.49. The lowest BCUT2D eigenvalue weighted by molar-refractivity contribution is 0.135. The second-order valence-electron chi connectivity index (χ2n) is 6.31. The number of nitrogens with one attached hydrogen (secondary N) is 1. The van der Waals surface area contributed by atoms with Crippen molar-refractivity contribution in [1.82, 2.24) is 20.4 Å². The second kappa shape index (κ2) is 7.47. The molecule has 2 aromatic heterocycles. The summed E-state index contributed by atoms with van der Waals surface area (Å²) in [5, 5.41) is 11.7. The highest BCUT2D eigenvalue weighted by atomic mass is 32.1. The molecule has 0 radical (unpaired) electrons. The van der Waals surface area contributed by atoms with Crippen molar-refractivity contribution in [2.45, 2.75) is 25.9 Å². The van der Waals surface area contributed by atoms with Gasteiger partial charge in [-0.2, -0.15) is 16.3 Å². The van der Waals surface area contributed by atoms with Crippen molar-refractivity contribution < 1.29 is 4.52 Å². The van der Waals surface area contributed by atoms with Crippen molar-refractivity contribution in [3.63, 3.8) is 0 Å². The fourth-order valence-corrected chi connectivity index (χ4v) is 3.88. The zero-order valence-electron chi connectivity index (χ0n) is 14.3. The van der Waals surface area contributed by atoms with Gasteiger partial charge >= 0.3 is 0 Å². The number of aromatic nitrogens is 2. The maximum atomic E-state index is 5.49. The predicted octanol–water partition coefficient (Wildman–Crippen LogP) is 3.51. The highest BCUT2D eigenvalue weighted by molar-refractivity contribution is 7.08. The Morgan fingerprint density at radius 1 is 1.28 bits per heavy atom.